The van der Waals surface area contributed by atoms with Gasteiger partial charge in [0.05, 0.1) is 61.5 Å². The molecule has 28 nitrogen and oxygen atoms in total. The van der Waals surface area contributed by atoms with Crippen molar-refractivity contribution in [3.63, 3.8) is 0 Å². The van der Waals surface area contributed by atoms with Gasteiger partial charge in [-0.2, -0.15) is 0 Å². The van der Waals surface area contributed by atoms with Gasteiger partial charge in [0, 0.05) is 66.1 Å². The predicted octanol–water partition coefficient (Wildman–Crippen LogP) is 1.41. The number of cyclic esters (lactones) is 1. The molecule has 0 unspecified atom stereocenters. The number of aliphatic hydroxyl groups is 4. The molecule has 0 aliphatic carbocycles. The third-order valence-electron chi connectivity index (χ3n) is 15.3. The molecule has 22 atom stereocenters. The maximum Gasteiger partial charge on any atom is 0.308 e. The number of carbonyl (C=O) groups excluding carboxylic acids is 6. The summed E-state index contributed by atoms with van der Waals surface area (Å²) in [4.78, 5) is 83.6. The second-order valence-electron chi connectivity index (χ2n) is 22.0. The first-order chi connectivity index (χ1) is 39.7. The first kappa shape index (κ1) is 69.4. The molecule has 0 bridgehead atoms. The molecule has 5 heterocycles. The summed E-state index contributed by atoms with van der Waals surface area (Å²) in [5.41, 5.74) is 1.15. The number of oxime groups is 1. The Balaban J connectivity index is 1.56. The predicted molar refractivity (Wildman–Crippen MR) is 290 cm³/mol. The molecule has 1 aromatic rings. The summed E-state index contributed by atoms with van der Waals surface area (Å²) < 4.78 is 71.9. The van der Waals surface area contributed by atoms with E-state index in [0.717, 1.165) is 32.4 Å². The molecule has 28 heteroatoms. The summed E-state index contributed by atoms with van der Waals surface area (Å²) in [6, 6.07) is -0.834. The van der Waals surface area contributed by atoms with Gasteiger partial charge >= 0.3 is 29.8 Å². The van der Waals surface area contributed by atoms with Gasteiger partial charge in [-0.3, -0.25) is 24.0 Å². The highest BCUT2D eigenvalue weighted by Crippen LogP contribution is 2.37. The van der Waals surface area contributed by atoms with Crippen LogP contribution in [0.5, 0.6) is 0 Å². The normalized spacial score (nSPS) is 37.9. The molecule has 474 valence electrons. The summed E-state index contributed by atoms with van der Waals surface area (Å²) in [7, 11) is 6.26. The minimum absolute atomic E-state index is 0.0769. The molecule has 4 aliphatic heterocycles. The first-order valence-electron chi connectivity index (χ1n) is 28.2. The van der Waals surface area contributed by atoms with Crippen LogP contribution in [-0.2, 0) is 97.1 Å². The van der Waals surface area contributed by atoms with E-state index >= 15 is 0 Å². The standard InChI is InChI=1S/C56H87N5O23/c1-15-41-37(24-75-56-53(73-14)50(72-13)46(70)31(6)78-56)20-27(2)16-17-39(28(3)21-36(18-19-62)48(29(4)40(67)22-43(68)82-41)84-55-47(71)44(60(11)12)45(69)30(5)77-55)58-76-25-38-23-61(59-57-38)54-52(81-35(10)66)51(80-34(9)65)49(79-33(8)64)42(83-54)26-74-32(7)63/h16-17,19-20,23,28-31,36-37,40-42,44-56,67,69-71H,15,18,21-22,24-26H2,1-14H3/b17-16+,27-20+,58-39-/t28-,29+,30-,31-,36+,37-,40-,41-,42-,44+,45-,46-,47-,48-,49-,50-,51+,52-,53-,54-,55+,56-/m1/s1. The number of allylic oxidation sites excluding steroid dienone is 3. The summed E-state index contributed by atoms with van der Waals surface area (Å²) >= 11 is 0. The molecule has 0 saturated carbocycles. The van der Waals surface area contributed by atoms with Gasteiger partial charge in [-0.05, 0) is 59.7 Å². The number of rotatable bonds is 20. The maximum atomic E-state index is 14.0. The highest BCUT2D eigenvalue weighted by atomic mass is 16.7. The average molecular weight is 1200 g/mol. The van der Waals surface area contributed by atoms with Crippen molar-refractivity contribution in [1.82, 2.24) is 19.9 Å². The van der Waals surface area contributed by atoms with Crippen molar-refractivity contribution in [2.75, 3.05) is 41.5 Å². The Morgan fingerprint density at radius 1 is 0.786 bits per heavy atom. The second-order valence-corrected chi connectivity index (χ2v) is 22.0. The fourth-order valence-corrected chi connectivity index (χ4v) is 11.0. The molecule has 3 fully saturated rings. The number of nitrogens with zero attached hydrogens (tertiary/aromatic N) is 5. The largest absolute Gasteiger partial charge is 0.463 e. The van der Waals surface area contributed by atoms with Gasteiger partial charge in [0.25, 0.3) is 0 Å². The molecule has 3 saturated heterocycles. The summed E-state index contributed by atoms with van der Waals surface area (Å²) in [6.07, 6.45) is -12.2. The van der Waals surface area contributed by atoms with Crippen LogP contribution in [0.3, 0.4) is 0 Å². The van der Waals surface area contributed by atoms with Gasteiger partial charge in [0.2, 0.25) is 0 Å². The number of hydrogen-bond donors (Lipinski definition) is 4. The van der Waals surface area contributed by atoms with Crippen LogP contribution in [0.25, 0.3) is 0 Å². The van der Waals surface area contributed by atoms with Gasteiger partial charge in [-0.25, -0.2) is 4.68 Å². The molecular formula is C56H87N5O23. The van der Waals surface area contributed by atoms with Crippen LogP contribution in [0.1, 0.15) is 107 Å². The Labute approximate surface area is 489 Å². The van der Waals surface area contributed by atoms with Crippen LogP contribution < -0.4 is 0 Å². The SMILES string of the molecule is CC[C@H]1OC(=O)C[C@@H](O)[C@H](C)[C@@H](O[C@@H]2O[C@H](C)[C@@H](O)[C@H](N(C)C)[C@H]2O)[C@@H](CC=O)C[C@@H](C)C(=N\OCc2cn([C@@H]3O[C@H](COC(C)=O)[C@@H](OC(C)=O)[C@H](OC(C)=O)[C@H]3OC(C)=O)nn2)/C=C/C(C)=C/[C@@H]1CO[C@@H]1O[C@H](C)[C@@H](O)[C@@H](OC)[C@H]1OC. The van der Waals surface area contributed by atoms with Crippen molar-refractivity contribution < 1.29 is 111 Å². The zero-order chi connectivity index (χ0) is 62.3. The number of aromatic nitrogens is 3. The van der Waals surface area contributed by atoms with Crippen LogP contribution in [0.2, 0.25) is 0 Å². The second kappa shape index (κ2) is 32.4. The molecule has 0 radical (unpaired) electrons. The highest BCUT2D eigenvalue weighted by Gasteiger charge is 2.54. The zero-order valence-corrected chi connectivity index (χ0v) is 50.3. The van der Waals surface area contributed by atoms with Crippen molar-refractivity contribution >= 4 is 41.8 Å². The number of aldehydes is 1. The lowest BCUT2D eigenvalue weighted by Gasteiger charge is -2.46. The van der Waals surface area contributed by atoms with E-state index in [2.05, 4.69) is 15.5 Å². The van der Waals surface area contributed by atoms with E-state index in [-0.39, 0.29) is 31.7 Å². The quantitative estimate of drug-likeness (QED) is 0.0620. The van der Waals surface area contributed by atoms with Crippen molar-refractivity contribution in [2.45, 2.75) is 212 Å². The van der Waals surface area contributed by atoms with Crippen LogP contribution in [0, 0.1) is 23.7 Å². The van der Waals surface area contributed by atoms with Crippen molar-refractivity contribution in [3.05, 3.63) is 35.7 Å². The zero-order valence-electron chi connectivity index (χ0n) is 50.3. The van der Waals surface area contributed by atoms with E-state index in [1.165, 1.54) is 20.4 Å². The van der Waals surface area contributed by atoms with Crippen molar-refractivity contribution in [3.8, 4) is 0 Å². The molecule has 5 rings (SSSR count). The first-order valence-corrected chi connectivity index (χ1v) is 28.2. The van der Waals surface area contributed by atoms with Gasteiger partial charge < -0.3 is 91.8 Å². The Hall–Kier alpha value is -5.37. The lowest BCUT2D eigenvalue weighted by Crippen LogP contribution is -2.63. The lowest BCUT2D eigenvalue weighted by molar-refractivity contribution is -0.304. The van der Waals surface area contributed by atoms with Crippen molar-refractivity contribution in [1.29, 1.82) is 0 Å². The molecule has 0 amide bonds. The monoisotopic (exact) mass is 1200 g/mol. The summed E-state index contributed by atoms with van der Waals surface area (Å²) in [6.45, 7) is 14.0. The number of methoxy groups -OCH3 is 2. The maximum absolute atomic E-state index is 14.0. The van der Waals surface area contributed by atoms with Crippen LogP contribution in [0.4, 0.5) is 0 Å². The van der Waals surface area contributed by atoms with Crippen LogP contribution in [-0.4, -0.2) is 228 Å². The minimum Gasteiger partial charge on any atom is -0.463 e. The lowest BCUT2D eigenvalue weighted by atomic mass is 9.79. The van der Waals surface area contributed by atoms with Crippen LogP contribution in [0.15, 0.2) is 35.2 Å². The molecular weight excluding hydrogens is 1110 g/mol. The summed E-state index contributed by atoms with van der Waals surface area (Å²) in [5, 5.41) is 58.6. The number of ether oxygens (including phenoxy) is 12. The van der Waals surface area contributed by atoms with Crippen molar-refractivity contribution in [2.24, 2.45) is 28.8 Å². The molecule has 4 aliphatic rings. The van der Waals surface area contributed by atoms with E-state index in [4.69, 9.17) is 61.7 Å². The van der Waals surface area contributed by atoms with Gasteiger partial charge in [-0.15, -0.1) is 5.10 Å². The molecule has 84 heavy (non-hydrogen) atoms. The number of likely N-dealkylation sites (N-methyl/N-ethyl adjacent to an activating group) is 1. The van der Waals surface area contributed by atoms with Gasteiger partial charge in [0.1, 0.15) is 55.2 Å². The highest BCUT2D eigenvalue weighted by molar-refractivity contribution is 5.96. The molecule has 4 N–H and O–H groups in total. The number of carbonyl (C=O) groups is 6. The Morgan fingerprint density at radius 3 is 2.02 bits per heavy atom. The van der Waals surface area contributed by atoms with Gasteiger partial charge in [0.15, 0.2) is 43.7 Å². The smallest absolute Gasteiger partial charge is 0.308 e. The van der Waals surface area contributed by atoms with E-state index in [9.17, 15) is 49.2 Å². The molecule has 0 spiro atoms. The van der Waals surface area contributed by atoms with E-state index in [1.807, 2.05) is 26.8 Å². The number of esters is 5. The third-order valence-corrected chi connectivity index (χ3v) is 15.3. The Kier molecular flexibility index (Phi) is 26.8. The van der Waals surface area contributed by atoms with Crippen LogP contribution >= 0.6 is 0 Å². The van der Waals surface area contributed by atoms with E-state index < -0.39 is 177 Å². The van der Waals surface area contributed by atoms with Gasteiger partial charge in [-0.1, -0.05) is 48.9 Å². The third kappa shape index (κ3) is 18.6. The minimum atomic E-state index is -1.48. The average Bonchev–Trinajstić information content (AvgIpc) is 2.01. The number of aliphatic hydroxyl groups excluding tert-OH is 4. The van der Waals surface area contributed by atoms with E-state index in [1.54, 1.807) is 51.9 Å². The molecule has 1 aromatic heterocycles. The molecule has 0 aromatic carbocycles. The fourth-order valence-electron chi connectivity index (χ4n) is 11.0. The van der Waals surface area contributed by atoms with E-state index in [0.29, 0.717) is 24.0 Å². The Morgan fingerprint density at radius 2 is 1.42 bits per heavy atom. The summed E-state index contributed by atoms with van der Waals surface area (Å²) in [5.74, 6) is -6.74. The Bertz CT molecular complexity index is 2420. The topological polar surface area (TPSA) is 350 Å². The fraction of sp³-hybridized carbons (Fsp3) is 0.768. The number of hydrogen-bond acceptors (Lipinski definition) is 27.